The largest absolute Gasteiger partial charge is 0.384 e. The normalized spacial score (nSPS) is 14.9. The van der Waals surface area contributed by atoms with Gasteiger partial charge in [-0.3, -0.25) is 4.79 Å². The number of aliphatic hydroxyl groups is 1. The molecule has 0 saturated heterocycles. The van der Waals surface area contributed by atoms with Crippen molar-refractivity contribution in [3.63, 3.8) is 0 Å². The van der Waals surface area contributed by atoms with Crippen LogP contribution in [0.3, 0.4) is 0 Å². The summed E-state index contributed by atoms with van der Waals surface area (Å²) in [6.07, 6.45) is 0.675. The Labute approximate surface area is 90.9 Å². The van der Waals surface area contributed by atoms with Crippen LogP contribution in [-0.4, -0.2) is 37.0 Å². The lowest BCUT2D eigenvalue weighted by atomic mass is 9.98. The molecule has 0 aliphatic heterocycles. The molecule has 0 spiro atoms. The van der Waals surface area contributed by atoms with E-state index in [0.717, 1.165) is 5.57 Å². The quantitative estimate of drug-likeness (QED) is 0.537. The fraction of sp³-hybridized carbons (Fsp3) is 0.727. The molecule has 88 valence electrons. The lowest BCUT2D eigenvalue weighted by molar-refractivity contribution is -0.209. The van der Waals surface area contributed by atoms with Gasteiger partial charge in [-0.25, -0.2) is 0 Å². The van der Waals surface area contributed by atoms with Crippen molar-refractivity contribution in [2.24, 2.45) is 0 Å². The predicted molar refractivity (Wildman–Crippen MR) is 57.5 cm³/mol. The van der Waals surface area contributed by atoms with Gasteiger partial charge in [-0.05, 0) is 26.8 Å². The van der Waals surface area contributed by atoms with Crippen LogP contribution in [0.5, 0.6) is 0 Å². The van der Waals surface area contributed by atoms with Crippen LogP contribution in [-0.2, 0) is 14.3 Å². The molecule has 4 heteroatoms. The minimum atomic E-state index is -1.31. The highest BCUT2D eigenvalue weighted by Gasteiger charge is 2.34. The first-order chi connectivity index (χ1) is 6.83. The summed E-state index contributed by atoms with van der Waals surface area (Å²) in [5.74, 6) is -0.140. The standard InChI is InChI=1S/C11H20O4/c1-8(2)6-9(12)7-11(3,13)10(14-4)15-5/h6,10,13H,7H2,1-5H3. The molecule has 1 unspecified atom stereocenters. The fourth-order valence-corrected chi connectivity index (χ4v) is 1.41. The van der Waals surface area contributed by atoms with E-state index in [9.17, 15) is 9.90 Å². The average Bonchev–Trinajstić information content (AvgIpc) is 2.02. The van der Waals surface area contributed by atoms with Crippen LogP contribution in [0.25, 0.3) is 0 Å². The van der Waals surface area contributed by atoms with Crippen molar-refractivity contribution in [1.29, 1.82) is 0 Å². The van der Waals surface area contributed by atoms with E-state index in [0.29, 0.717) is 0 Å². The first-order valence-electron chi connectivity index (χ1n) is 4.79. The van der Waals surface area contributed by atoms with E-state index in [2.05, 4.69) is 0 Å². The third-order valence-electron chi connectivity index (χ3n) is 1.92. The third kappa shape index (κ3) is 5.06. The molecule has 0 aromatic rings. The molecule has 1 N–H and O–H groups in total. The molecule has 0 heterocycles. The van der Waals surface area contributed by atoms with Gasteiger partial charge in [0.15, 0.2) is 12.1 Å². The molecule has 0 aliphatic rings. The van der Waals surface area contributed by atoms with Gasteiger partial charge < -0.3 is 14.6 Å². The molecule has 4 nitrogen and oxygen atoms in total. The Kier molecular flexibility index (Phi) is 5.72. The summed E-state index contributed by atoms with van der Waals surface area (Å²) in [5.41, 5.74) is -0.408. The lowest BCUT2D eigenvalue weighted by Gasteiger charge is -2.29. The van der Waals surface area contributed by atoms with Gasteiger partial charge in [0.1, 0.15) is 5.60 Å². The molecular weight excluding hydrogens is 196 g/mol. The summed E-state index contributed by atoms with van der Waals surface area (Å²) in [6, 6.07) is 0. The molecule has 15 heavy (non-hydrogen) atoms. The zero-order valence-corrected chi connectivity index (χ0v) is 10.0. The minimum Gasteiger partial charge on any atom is -0.384 e. The maximum Gasteiger partial charge on any atom is 0.185 e. The number of ether oxygens (including phenoxy) is 2. The molecule has 0 radical (unpaired) electrons. The highest BCUT2D eigenvalue weighted by Crippen LogP contribution is 2.19. The molecular formula is C11H20O4. The Morgan fingerprint density at radius 2 is 1.87 bits per heavy atom. The number of ketones is 1. The molecule has 0 amide bonds. The Bertz CT molecular complexity index is 235. The van der Waals surface area contributed by atoms with E-state index in [1.54, 1.807) is 0 Å². The van der Waals surface area contributed by atoms with Crippen molar-refractivity contribution in [3.05, 3.63) is 11.6 Å². The molecule has 0 saturated carbocycles. The number of hydrogen-bond donors (Lipinski definition) is 1. The highest BCUT2D eigenvalue weighted by atomic mass is 16.7. The predicted octanol–water partition coefficient (Wildman–Crippen LogP) is 1.28. The van der Waals surface area contributed by atoms with Gasteiger partial charge in [0.05, 0.1) is 0 Å². The molecule has 1 atom stereocenters. The maximum atomic E-state index is 11.5. The molecule has 0 aliphatic carbocycles. The highest BCUT2D eigenvalue weighted by molar-refractivity contribution is 5.90. The number of hydrogen-bond acceptors (Lipinski definition) is 4. The second-order valence-electron chi connectivity index (χ2n) is 4.03. The second-order valence-corrected chi connectivity index (χ2v) is 4.03. The molecule has 0 rings (SSSR count). The zero-order chi connectivity index (χ0) is 12.1. The average molecular weight is 216 g/mol. The van der Waals surface area contributed by atoms with E-state index < -0.39 is 11.9 Å². The topological polar surface area (TPSA) is 55.8 Å². The van der Waals surface area contributed by atoms with Crippen LogP contribution in [0.1, 0.15) is 27.2 Å². The van der Waals surface area contributed by atoms with Gasteiger partial charge in [0.2, 0.25) is 0 Å². The van der Waals surface area contributed by atoms with E-state index >= 15 is 0 Å². The fourth-order valence-electron chi connectivity index (χ4n) is 1.41. The van der Waals surface area contributed by atoms with Crippen molar-refractivity contribution >= 4 is 5.78 Å². The number of allylic oxidation sites excluding steroid dienone is 2. The second kappa shape index (κ2) is 6.00. The molecule has 0 bridgehead atoms. The van der Waals surface area contributed by atoms with Crippen molar-refractivity contribution in [1.82, 2.24) is 0 Å². The summed E-state index contributed by atoms with van der Waals surface area (Å²) in [6.45, 7) is 5.18. The lowest BCUT2D eigenvalue weighted by Crippen LogP contribution is -2.43. The van der Waals surface area contributed by atoms with Gasteiger partial charge in [-0.15, -0.1) is 0 Å². The van der Waals surface area contributed by atoms with E-state index in [1.165, 1.54) is 27.2 Å². The van der Waals surface area contributed by atoms with Crippen LogP contribution >= 0.6 is 0 Å². The van der Waals surface area contributed by atoms with Gasteiger partial charge in [0, 0.05) is 20.6 Å². The van der Waals surface area contributed by atoms with Crippen molar-refractivity contribution in [3.8, 4) is 0 Å². The summed E-state index contributed by atoms with van der Waals surface area (Å²) >= 11 is 0. The summed E-state index contributed by atoms with van der Waals surface area (Å²) in [4.78, 5) is 11.5. The van der Waals surface area contributed by atoms with Crippen LogP contribution < -0.4 is 0 Å². The molecule has 0 fully saturated rings. The first-order valence-corrected chi connectivity index (χ1v) is 4.79. The van der Waals surface area contributed by atoms with Gasteiger partial charge >= 0.3 is 0 Å². The first kappa shape index (κ1) is 14.3. The smallest absolute Gasteiger partial charge is 0.185 e. The summed E-state index contributed by atoms with van der Waals surface area (Å²) in [5, 5.41) is 9.96. The van der Waals surface area contributed by atoms with E-state index in [-0.39, 0.29) is 12.2 Å². The number of carbonyl (C=O) groups excluding carboxylic acids is 1. The van der Waals surface area contributed by atoms with Crippen LogP contribution in [0.4, 0.5) is 0 Å². The third-order valence-corrected chi connectivity index (χ3v) is 1.92. The van der Waals surface area contributed by atoms with Gasteiger partial charge in [-0.1, -0.05) is 5.57 Å². The van der Waals surface area contributed by atoms with E-state index in [4.69, 9.17) is 9.47 Å². The Balaban J connectivity index is 4.49. The van der Waals surface area contributed by atoms with Gasteiger partial charge in [0.25, 0.3) is 0 Å². The van der Waals surface area contributed by atoms with E-state index in [1.807, 2.05) is 13.8 Å². The van der Waals surface area contributed by atoms with Crippen LogP contribution in [0, 0.1) is 0 Å². The van der Waals surface area contributed by atoms with Crippen molar-refractivity contribution in [2.75, 3.05) is 14.2 Å². The Hall–Kier alpha value is -0.710. The minimum absolute atomic E-state index is 0.0233. The summed E-state index contributed by atoms with van der Waals surface area (Å²) < 4.78 is 9.85. The number of rotatable bonds is 6. The summed E-state index contributed by atoms with van der Waals surface area (Å²) in [7, 11) is 2.85. The SMILES string of the molecule is COC(OC)C(C)(O)CC(=O)C=C(C)C. The number of carbonyl (C=O) groups is 1. The Morgan fingerprint density at radius 1 is 1.40 bits per heavy atom. The number of methoxy groups -OCH3 is 2. The zero-order valence-electron chi connectivity index (χ0n) is 10.0. The molecule has 0 aromatic carbocycles. The van der Waals surface area contributed by atoms with Crippen LogP contribution in [0.15, 0.2) is 11.6 Å². The maximum absolute atomic E-state index is 11.5. The monoisotopic (exact) mass is 216 g/mol. The van der Waals surface area contributed by atoms with Gasteiger partial charge in [-0.2, -0.15) is 0 Å². The molecule has 0 aromatic heterocycles. The van der Waals surface area contributed by atoms with Crippen molar-refractivity contribution in [2.45, 2.75) is 39.1 Å². The van der Waals surface area contributed by atoms with Crippen molar-refractivity contribution < 1.29 is 19.4 Å². The Morgan fingerprint density at radius 3 is 2.20 bits per heavy atom. The van der Waals surface area contributed by atoms with Crippen LogP contribution in [0.2, 0.25) is 0 Å².